The van der Waals surface area contributed by atoms with Crippen molar-refractivity contribution >= 4 is 56.6 Å². The third-order valence-corrected chi connectivity index (χ3v) is 17.0. The van der Waals surface area contributed by atoms with Gasteiger partial charge in [-0.15, -0.1) is 17.8 Å². The molecule has 10 rings (SSSR count). The maximum Gasteiger partial charge on any atom is 0.319 e. The van der Waals surface area contributed by atoms with Crippen molar-refractivity contribution in [3.63, 3.8) is 0 Å². The van der Waals surface area contributed by atoms with Crippen molar-refractivity contribution in [1.82, 2.24) is 45.7 Å². The van der Waals surface area contributed by atoms with E-state index >= 15 is 4.39 Å². The van der Waals surface area contributed by atoms with Crippen molar-refractivity contribution in [3.05, 3.63) is 88.9 Å². The monoisotopic (exact) mass is 1090 g/mol. The summed E-state index contributed by atoms with van der Waals surface area (Å²) in [6.07, 6.45) is 12.7. The number of aromatic nitrogens is 4. The number of nitrogens with one attached hydrogen (secondary N) is 3. The van der Waals surface area contributed by atoms with Gasteiger partial charge in [0, 0.05) is 93.0 Å². The number of aryl methyl sites for hydroxylation is 1. The molecule has 5 N–H and O–H groups in total. The zero-order valence-corrected chi connectivity index (χ0v) is 46.3. The minimum Gasteiger partial charge on any atom is -0.508 e. The fourth-order valence-electron chi connectivity index (χ4n) is 11.8. The Morgan fingerprint density at radius 1 is 1.00 bits per heavy atom. The van der Waals surface area contributed by atoms with E-state index in [1.165, 1.54) is 11.0 Å². The number of nitrogens with zero attached hydrogens (tertiary/aromatic N) is 7. The Balaban J connectivity index is 0.692. The second kappa shape index (κ2) is 24.3. The van der Waals surface area contributed by atoms with Crippen LogP contribution in [0.15, 0.2) is 66.3 Å². The van der Waals surface area contributed by atoms with E-state index < -0.39 is 29.3 Å². The van der Waals surface area contributed by atoms with Gasteiger partial charge in [0.15, 0.2) is 5.82 Å². The summed E-state index contributed by atoms with van der Waals surface area (Å²) in [6.45, 7) is 12.4. The molecule has 0 spiro atoms. The summed E-state index contributed by atoms with van der Waals surface area (Å²) in [5.74, 6) is 1.11. The van der Waals surface area contributed by atoms with Crippen LogP contribution in [0, 0.1) is 36.4 Å². The number of hydrogen-bond acceptors (Lipinski definition) is 15. The van der Waals surface area contributed by atoms with Crippen molar-refractivity contribution in [3.8, 4) is 45.8 Å². The van der Waals surface area contributed by atoms with E-state index in [1.54, 1.807) is 35.7 Å². The molecule has 17 nitrogen and oxygen atoms in total. The van der Waals surface area contributed by atoms with Gasteiger partial charge in [-0.3, -0.25) is 24.3 Å². The molecule has 4 fully saturated rings. The molecule has 4 aliphatic rings. The molecule has 2 bridgehead atoms. The Kier molecular flexibility index (Phi) is 17.1. The average molecular weight is 1100 g/mol. The Hall–Kier alpha value is -6.82. The van der Waals surface area contributed by atoms with Crippen molar-refractivity contribution in [2.75, 3.05) is 64.0 Å². The van der Waals surface area contributed by atoms with Crippen LogP contribution in [0.2, 0.25) is 0 Å². The molecule has 0 saturated carbocycles. The Morgan fingerprint density at radius 3 is 2.54 bits per heavy atom. The minimum absolute atomic E-state index is 0.0235. The molecule has 3 aromatic heterocycles. The maximum absolute atomic E-state index is 17.1. The fraction of sp³-hybridized carbons (Fsp3) is 0.483. The number of ether oxygens (including phenoxy) is 2. The van der Waals surface area contributed by atoms with Gasteiger partial charge in [-0.25, -0.2) is 9.37 Å². The number of aromatic hydroxyl groups is 1. The van der Waals surface area contributed by atoms with Crippen LogP contribution < -0.4 is 25.6 Å². The number of phenols is 1. The number of piperazine rings is 1. The average Bonchev–Trinajstić information content (AvgIpc) is 4.33. The van der Waals surface area contributed by atoms with Gasteiger partial charge in [-0.1, -0.05) is 63.1 Å². The molecule has 2 unspecified atom stereocenters. The lowest BCUT2D eigenvalue weighted by molar-refractivity contribution is -0.144. The number of pyridine rings is 1. The normalized spacial score (nSPS) is 20.7. The number of halogens is 1. The zero-order valence-electron chi connectivity index (χ0n) is 45.5. The molecule has 79 heavy (non-hydrogen) atoms. The van der Waals surface area contributed by atoms with Crippen LogP contribution in [0.25, 0.3) is 43.4 Å². The number of benzene rings is 3. The van der Waals surface area contributed by atoms with Crippen LogP contribution in [0.1, 0.15) is 89.0 Å². The number of amides is 3. The van der Waals surface area contributed by atoms with Crippen LogP contribution in [-0.2, 0) is 25.7 Å². The largest absolute Gasteiger partial charge is 0.508 e. The van der Waals surface area contributed by atoms with Gasteiger partial charge in [0.2, 0.25) is 17.7 Å². The maximum atomic E-state index is 17.1. The van der Waals surface area contributed by atoms with E-state index in [-0.39, 0.29) is 85.8 Å². The first-order valence-corrected chi connectivity index (χ1v) is 28.6. The number of anilines is 1. The van der Waals surface area contributed by atoms with E-state index in [9.17, 15) is 24.6 Å². The number of β-amino-alcohol motifs (C(OH)–C–C–N with tert-alkyl or cyclic N) is 1. The Bertz CT molecular complexity index is 3220. The topological polar surface area (TPSA) is 208 Å². The van der Waals surface area contributed by atoms with E-state index in [0.29, 0.717) is 71.5 Å². The standard InChI is InChI=1S/C60H71FN10O7S/c1-6-38-11-9-12-40-25-44(72)26-46(51(38)40)53-52(61)54-47(29-63-53)56(70-31-41-18-19-42(32-70)66-41)68-59(67-54)78-34-43-13-10-22-69(43)21-7-8-23-77-24-20-50(74)62-30-48(60(3,4)5)58(76)71-33-45(73)27-49(71)57(75)64-28-37-14-16-39(17-15-37)55-36(2)65-35-79-55/h1,9,11-12,14-17,25-26,29,35,41-43,45,48-49,66,72-73H,7-8,10,13,18-24,27-28,30-34H2,2-5H3,(H,62,74)(H,64,75)/t41?,42?,43-,45-,48-,49+/m0/s1. The summed E-state index contributed by atoms with van der Waals surface area (Å²) in [5, 5.41) is 32.7. The molecule has 4 aliphatic heterocycles. The summed E-state index contributed by atoms with van der Waals surface area (Å²) in [5.41, 5.74) is 5.25. The number of aliphatic hydroxyl groups is 1. The summed E-state index contributed by atoms with van der Waals surface area (Å²) in [6, 6.07) is 16.4. The van der Waals surface area contributed by atoms with Gasteiger partial charge >= 0.3 is 6.01 Å². The second-order valence-corrected chi connectivity index (χ2v) is 23.5. The molecule has 0 radical (unpaired) electrons. The van der Waals surface area contributed by atoms with Crippen LogP contribution in [0.4, 0.5) is 10.2 Å². The SMILES string of the molecule is C#Cc1cccc2cc(O)cc(-c3ncc4c(N5CC6CCC(C5)N6)nc(OC[C@@H]5CCCN5CCCCOCCC(=O)NC[C@@H](C(=O)N5C[C@@H](O)C[C@@H]5C(=O)NCc5ccc(-c6scnc6C)cc5)C(C)(C)C)nc4c3F)c12. The number of carbonyl (C=O) groups is 3. The lowest BCUT2D eigenvalue weighted by atomic mass is 9.79. The molecule has 416 valence electrons. The van der Waals surface area contributed by atoms with Gasteiger partial charge in [-0.05, 0) is 98.7 Å². The number of carbonyl (C=O) groups excluding carboxylic acids is 3. The number of thiazole rings is 1. The van der Waals surface area contributed by atoms with Gasteiger partial charge in [0.1, 0.15) is 35.4 Å². The lowest BCUT2D eigenvalue weighted by Crippen LogP contribution is -2.52. The Labute approximate surface area is 464 Å². The summed E-state index contributed by atoms with van der Waals surface area (Å²) < 4.78 is 29.4. The van der Waals surface area contributed by atoms with E-state index in [2.05, 4.69) is 41.6 Å². The first kappa shape index (κ1) is 55.5. The molecule has 7 heterocycles. The first-order chi connectivity index (χ1) is 38.1. The molecule has 3 amide bonds. The quantitative estimate of drug-likeness (QED) is 0.0381. The van der Waals surface area contributed by atoms with Gasteiger partial charge in [0.05, 0.1) is 40.1 Å². The third kappa shape index (κ3) is 12.6. The first-order valence-electron chi connectivity index (χ1n) is 27.7. The number of unbranched alkanes of at least 4 members (excludes halogenated alkanes) is 1. The van der Waals surface area contributed by atoms with E-state index in [0.717, 1.165) is 73.3 Å². The number of terminal acetylenes is 1. The number of aliphatic hydroxyl groups excluding tert-OH is 1. The zero-order chi connectivity index (χ0) is 55.4. The summed E-state index contributed by atoms with van der Waals surface area (Å²) in [4.78, 5) is 66.6. The molecule has 0 aliphatic carbocycles. The molecular weight excluding hydrogens is 1020 g/mol. The van der Waals surface area contributed by atoms with Crippen molar-refractivity contribution in [2.24, 2.45) is 11.3 Å². The van der Waals surface area contributed by atoms with Crippen molar-refractivity contribution < 1.29 is 38.5 Å². The molecule has 4 saturated heterocycles. The van der Waals surface area contributed by atoms with E-state index in [4.69, 9.17) is 25.9 Å². The number of hydrogen-bond donors (Lipinski definition) is 5. The predicted octanol–water partition coefficient (Wildman–Crippen LogP) is 7.13. The number of rotatable bonds is 20. The Morgan fingerprint density at radius 2 is 1.80 bits per heavy atom. The van der Waals surface area contributed by atoms with Crippen LogP contribution in [-0.4, -0.2) is 147 Å². The lowest BCUT2D eigenvalue weighted by Gasteiger charge is -2.35. The van der Waals surface area contributed by atoms with Gasteiger partial charge in [0.25, 0.3) is 0 Å². The number of fused-ring (bicyclic) bond motifs is 4. The van der Waals surface area contributed by atoms with Crippen LogP contribution in [0.5, 0.6) is 11.8 Å². The minimum atomic E-state index is -0.837. The summed E-state index contributed by atoms with van der Waals surface area (Å²) >= 11 is 1.58. The highest BCUT2D eigenvalue weighted by atomic mass is 32.1. The van der Waals surface area contributed by atoms with Crippen molar-refractivity contribution in [1.29, 1.82) is 0 Å². The van der Waals surface area contributed by atoms with E-state index in [1.807, 2.05) is 63.5 Å². The van der Waals surface area contributed by atoms with Gasteiger partial charge < -0.3 is 45.4 Å². The summed E-state index contributed by atoms with van der Waals surface area (Å²) in [7, 11) is 0. The fourth-order valence-corrected chi connectivity index (χ4v) is 12.6. The molecule has 6 aromatic rings. The molecule has 19 heteroatoms. The number of phenolic OH excluding ortho intramolecular Hbond substituents is 1. The third-order valence-electron chi connectivity index (χ3n) is 16.0. The van der Waals surface area contributed by atoms with Crippen LogP contribution in [0.3, 0.4) is 0 Å². The highest BCUT2D eigenvalue weighted by Gasteiger charge is 2.44. The molecule has 3 aromatic carbocycles. The molecular formula is C60H71FN10O7S. The molecule has 6 atom stereocenters. The van der Waals surface area contributed by atoms with Gasteiger partial charge in [-0.2, -0.15) is 9.97 Å². The van der Waals surface area contributed by atoms with Crippen molar-refractivity contribution in [2.45, 2.75) is 116 Å². The smallest absolute Gasteiger partial charge is 0.319 e. The predicted molar refractivity (Wildman–Crippen MR) is 303 cm³/mol. The highest BCUT2D eigenvalue weighted by molar-refractivity contribution is 7.13. The second-order valence-electron chi connectivity index (χ2n) is 22.6. The highest BCUT2D eigenvalue weighted by Crippen LogP contribution is 2.39. The van der Waals surface area contributed by atoms with Crippen LogP contribution >= 0.6 is 11.3 Å². The number of likely N-dealkylation sites (tertiary alicyclic amines) is 2.